The lowest BCUT2D eigenvalue weighted by atomic mass is 10.1. The van der Waals surface area contributed by atoms with Gasteiger partial charge in [-0.05, 0) is 18.6 Å². The third kappa shape index (κ3) is 2.25. The molecule has 23 heavy (non-hydrogen) atoms. The summed E-state index contributed by atoms with van der Waals surface area (Å²) in [5, 5.41) is 0. The van der Waals surface area contributed by atoms with Crippen LogP contribution in [0.1, 0.15) is 23.2 Å². The number of hydrogen-bond acceptors (Lipinski definition) is 5. The Kier molecular flexibility index (Phi) is 3.25. The minimum absolute atomic E-state index is 0.000660. The Bertz CT molecular complexity index is 737. The Morgan fingerprint density at radius 1 is 1.09 bits per heavy atom. The molecular weight excluding hydrogens is 294 g/mol. The van der Waals surface area contributed by atoms with Gasteiger partial charge in [0.1, 0.15) is 6.33 Å². The first-order chi connectivity index (χ1) is 11.3. The third-order valence-electron chi connectivity index (χ3n) is 4.51. The molecule has 2 amide bonds. The Balaban J connectivity index is 1.60. The van der Waals surface area contributed by atoms with E-state index in [1.807, 2.05) is 4.90 Å². The second-order valence-corrected chi connectivity index (χ2v) is 5.72. The minimum atomic E-state index is -0.0941. The Labute approximate surface area is 133 Å². The number of aromatic nitrogens is 3. The molecule has 0 unspecified atom stereocenters. The van der Waals surface area contributed by atoms with E-state index in [1.165, 1.54) is 6.33 Å². The zero-order valence-corrected chi connectivity index (χ0v) is 12.4. The highest BCUT2D eigenvalue weighted by Gasteiger charge is 2.49. The summed E-state index contributed by atoms with van der Waals surface area (Å²) in [5.41, 5.74) is 1.30. The van der Waals surface area contributed by atoms with Crippen molar-refractivity contribution in [1.29, 1.82) is 0 Å². The SMILES string of the molecule is O=C(c1ccncc1)N1CC[C@@H]2[C@@H]1CC(=O)N2c1cncnc1. The summed E-state index contributed by atoms with van der Waals surface area (Å²) >= 11 is 0. The fourth-order valence-corrected chi connectivity index (χ4v) is 3.51. The monoisotopic (exact) mass is 309 g/mol. The van der Waals surface area contributed by atoms with Gasteiger partial charge >= 0.3 is 0 Å². The van der Waals surface area contributed by atoms with Crippen molar-refractivity contribution in [3.63, 3.8) is 0 Å². The van der Waals surface area contributed by atoms with Gasteiger partial charge in [-0.15, -0.1) is 0 Å². The molecule has 2 aromatic rings. The Hall–Kier alpha value is -2.83. The van der Waals surface area contributed by atoms with Crippen LogP contribution in [-0.2, 0) is 4.79 Å². The number of rotatable bonds is 2. The lowest BCUT2D eigenvalue weighted by molar-refractivity contribution is -0.117. The summed E-state index contributed by atoms with van der Waals surface area (Å²) in [7, 11) is 0. The lowest BCUT2D eigenvalue weighted by Gasteiger charge is -2.25. The molecule has 4 heterocycles. The largest absolute Gasteiger partial charge is 0.333 e. The molecule has 0 bridgehead atoms. The highest BCUT2D eigenvalue weighted by atomic mass is 16.2. The van der Waals surface area contributed by atoms with Crippen molar-refractivity contribution in [1.82, 2.24) is 19.9 Å². The maximum atomic E-state index is 12.7. The first kappa shape index (κ1) is 13.8. The van der Waals surface area contributed by atoms with Crippen LogP contribution in [0.3, 0.4) is 0 Å². The van der Waals surface area contributed by atoms with Gasteiger partial charge in [0.15, 0.2) is 0 Å². The van der Waals surface area contributed by atoms with E-state index in [9.17, 15) is 9.59 Å². The fraction of sp³-hybridized carbons (Fsp3) is 0.312. The average molecular weight is 309 g/mol. The van der Waals surface area contributed by atoms with Crippen molar-refractivity contribution >= 4 is 17.5 Å². The number of carbonyl (C=O) groups excluding carboxylic acids is 2. The van der Waals surface area contributed by atoms with Gasteiger partial charge in [-0.2, -0.15) is 0 Å². The molecule has 2 aliphatic heterocycles. The van der Waals surface area contributed by atoms with Gasteiger partial charge in [-0.25, -0.2) is 9.97 Å². The summed E-state index contributed by atoms with van der Waals surface area (Å²) in [6.45, 7) is 0.647. The van der Waals surface area contributed by atoms with Crippen molar-refractivity contribution in [3.8, 4) is 0 Å². The molecule has 2 saturated heterocycles. The van der Waals surface area contributed by atoms with E-state index in [0.717, 1.165) is 6.42 Å². The van der Waals surface area contributed by atoms with Crippen molar-refractivity contribution in [2.24, 2.45) is 0 Å². The maximum absolute atomic E-state index is 12.7. The molecule has 7 heteroatoms. The maximum Gasteiger partial charge on any atom is 0.254 e. The number of carbonyl (C=O) groups is 2. The topological polar surface area (TPSA) is 79.3 Å². The van der Waals surface area contributed by atoms with E-state index >= 15 is 0 Å². The molecule has 0 aromatic carbocycles. The zero-order chi connectivity index (χ0) is 15.8. The summed E-state index contributed by atoms with van der Waals surface area (Å²) in [5.74, 6) is -0.0270. The van der Waals surface area contributed by atoms with E-state index in [2.05, 4.69) is 15.0 Å². The molecule has 4 rings (SSSR count). The van der Waals surface area contributed by atoms with Crippen LogP contribution >= 0.6 is 0 Å². The van der Waals surface area contributed by atoms with E-state index in [1.54, 1.807) is 41.8 Å². The third-order valence-corrected chi connectivity index (χ3v) is 4.51. The number of pyridine rings is 1. The van der Waals surface area contributed by atoms with Gasteiger partial charge in [0.2, 0.25) is 5.91 Å². The number of amides is 2. The number of anilines is 1. The molecule has 0 radical (unpaired) electrons. The normalized spacial score (nSPS) is 23.2. The van der Waals surface area contributed by atoms with Crippen molar-refractivity contribution in [2.45, 2.75) is 24.9 Å². The lowest BCUT2D eigenvalue weighted by Crippen LogP contribution is -2.40. The number of nitrogens with zero attached hydrogens (tertiary/aromatic N) is 5. The van der Waals surface area contributed by atoms with Crippen LogP contribution in [0.2, 0.25) is 0 Å². The van der Waals surface area contributed by atoms with Gasteiger partial charge in [0.25, 0.3) is 5.91 Å². The summed E-state index contributed by atoms with van der Waals surface area (Å²) in [6.07, 6.45) is 9.04. The molecule has 2 fully saturated rings. The van der Waals surface area contributed by atoms with Gasteiger partial charge in [-0.3, -0.25) is 14.6 Å². The summed E-state index contributed by atoms with van der Waals surface area (Å²) in [4.78, 5) is 40.6. The van der Waals surface area contributed by atoms with E-state index in [4.69, 9.17) is 0 Å². The summed E-state index contributed by atoms with van der Waals surface area (Å²) < 4.78 is 0. The standard InChI is InChI=1S/C16H15N5O2/c22-15-7-14-13(21(15)12-8-18-10-19-9-12)3-6-20(14)16(23)11-1-4-17-5-2-11/h1-2,4-5,8-10,13-14H,3,6-7H2/t13-,14+/m1/s1. The predicted molar refractivity (Wildman–Crippen MR) is 81.6 cm³/mol. The molecule has 2 atom stereocenters. The Morgan fingerprint density at radius 2 is 1.83 bits per heavy atom. The first-order valence-corrected chi connectivity index (χ1v) is 7.54. The number of likely N-dealkylation sites (tertiary alicyclic amines) is 1. The van der Waals surface area contributed by atoms with Crippen molar-refractivity contribution in [2.75, 3.05) is 11.4 Å². The molecule has 116 valence electrons. The van der Waals surface area contributed by atoms with Gasteiger partial charge in [-0.1, -0.05) is 0 Å². The Morgan fingerprint density at radius 3 is 2.57 bits per heavy atom. The van der Waals surface area contributed by atoms with Crippen LogP contribution in [0, 0.1) is 0 Å². The van der Waals surface area contributed by atoms with Crippen LogP contribution in [0.25, 0.3) is 0 Å². The molecule has 2 aliphatic rings. The van der Waals surface area contributed by atoms with Crippen molar-refractivity contribution in [3.05, 3.63) is 48.8 Å². The second kappa shape index (κ2) is 5.42. The second-order valence-electron chi connectivity index (χ2n) is 5.72. The van der Waals surface area contributed by atoms with Crippen LogP contribution in [0.4, 0.5) is 5.69 Å². The highest BCUT2D eigenvalue weighted by Crippen LogP contribution is 2.36. The molecule has 7 nitrogen and oxygen atoms in total. The minimum Gasteiger partial charge on any atom is -0.333 e. The average Bonchev–Trinajstić information content (AvgIpc) is 3.13. The summed E-state index contributed by atoms with van der Waals surface area (Å²) in [6, 6.07) is 3.31. The number of fused-ring (bicyclic) bond motifs is 1. The number of hydrogen-bond donors (Lipinski definition) is 0. The smallest absolute Gasteiger partial charge is 0.254 e. The van der Waals surface area contributed by atoms with Gasteiger partial charge < -0.3 is 9.80 Å². The van der Waals surface area contributed by atoms with E-state index < -0.39 is 0 Å². The van der Waals surface area contributed by atoms with Crippen LogP contribution in [-0.4, -0.2) is 50.3 Å². The first-order valence-electron chi connectivity index (χ1n) is 7.54. The highest BCUT2D eigenvalue weighted by molar-refractivity contribution is 6.00. The van der Waals surface area contributed by atoms with Gasteiger partial charge in [0.05, 0.1) is 30.2 Å². The molecule has 0 spiro atoms. The quantitative estimate of drug-likeness (QED) is 0.823. The van der Waals surface area contributed by atoms with Crippen LogP contribution < -0.4 is 4.90 Å². The van der Waals surface area contributed by atoms with Crippen molar-refractivity contribution < 1.29 is 9.59 Å². The molecular formula is C16H15N5O2. The van der Waals surface area contributed by atoms with E-state index in [-0.39, 0.29) is 23.9 Å². The molecule has 0 N–H and O–H groups in total. The predicted octanol–water partition coefficient (Wildman–Crippen LogP) is 0.892. The van der Waals surface area contributed by atoms with E-state index in [0.29, 0.717) is 24.2 Å². The van der Waals surface area contributed by atoms with Crippen LogP contribution in [0.5, 0.6) is 0 Å². The van der Waals surface area contributed by atoms with Gasteiger partial charge in [0, 0.05) is 30.9 Å². The fourth-order valence-electron chi connectivity index (χ4n) is 3.51. The molecule has 0 aliphatic carbocycles. The van der Waals surface area contributed by atoms with Crippen LogP contribution in [0.15, 0.2) is 43.2 Å². The molecule has 0 saturated carbocycles. The zero-order valence-electron chi connectivity index (χ0n) is 12.4. The molecule has 2 aromatic heterocycles.